The van der Waals surface area contributed by atoms with Gasteiger partial charge in [-0.05, 0) is 42.7 Å². The molecule has 0 saturated heterocycles. The summed E-state index contributed by atoms with van der Waals surface area (Å²) in [6.07, 6.45) is 8.69. The third kappa shape index (κ3) is 5.61. The molecule has 0 bridgehead atoms. The molecule has 1 aliphatic rings. The fourth-order valence-electron chi connectivity index (χ4n) is 4.47. The van der Waals surface area contributed by atoms with Crippen LogP contribution in [-0.2, 0) is 17.8 Å². The highest BCUT2D eigenvalue weighted by molar-refractivity contribution is 5.77. The van der Waals surface area contributed by atoms with Crippen LogP contribution in [0.1, 0.15) is 62.6 Å². The molecule has 0 aliphatic heterocycles. The Kier molecular flexibility index (Phi) is 7.30. The number of nitrogens with zero attached hydrogens (tertiary/aromatic N) is 2. The molecule has 32 heavy (non-hydrogen) atoms. The predicted octanol–water partition coefficient (Wildman–Crippen LogP) is 4.75. The minimum atomic E-state index is -0.309. The van der Waals surface area contributed by atoms with Crippen molar-refractivity contribution in [2.24, 2.45) is 0 Å². The van der Waals surface area contributed by atoms with Crippen LogP contribution in [0.25, 0.3) is 11.0 Å². The number of carbonyl (C=O) groups excluding carboxylic acids is 1. The molecule has 2 aromatic carbocycles. The number of rotatable bonds is 6. The van der Waals surface area contributed by atoms with Gasteiger partial charge >= 0.3 is 0 Å². The Morgan fingerprint density at radius 2 is 1.69 bits per heavy atom. The van der Waals surface area contributed by atoms with Gasteiger partial charge in [-0.2, -0.15) is 0 Å². The molecule has 1 amide bonds. The standard InChI is InChI=1S/C26H30FN3O2/c27-20-14-12-19(13-15-20)18-30-24-11-7-6-10-22(24)29-23(26(30)32)16-17-25(31)28-21-8-4-2-1-3-5-9-21/h6-7,10-15,21H,1-5,8-9,16-18H2,(H,28,31). The van der Waals surface area contributed by atoms with Crippen molar-refractivity contribution < 1.29 is 9.18 Å². The highest BCUT2D eigenvalue weighted by Gasteiger charge is 2.16. The lowest BCUT2D eigenvalue weighted by Crippen LogP contribution is -2.36. The van der Waals surface area contributed by atoms with Crippen LogP contribution in [0.3, 0.4) is 0 Å². The Morgan fingerprint density at radius 3 is 2.44 bits per heavy atom. The molecular formula is C26H30FN3O2. The maximum absolute atomic E-state index is 13.3. The second-order valence-corrected chi connectivity index (χ2v) is 8.67. The second-order valence-electron chi connectivity index (χ2n) is 8.67. The molecule has 168 valence electrons. The summed E-state index contributed by atoms with van der Waals surface area (Å²) in [6, 6.07) is 13.9. The van der Waals surface area contributed by atoms with Crippen molar-refractivity contribution in [3.63, 3.8) is 0 Å². The van der Waals surface area contributed by atoms with Crippen LogP contribution in [-0.4, -0.2) is 21.5 Å². The monoisotopic (exact) mass is 435 g/mol. The van der Waals surface area contributed by atoms with Gasteiger partial charge in [0.25, 0.3) is 5.56 Å². The first kappa shape index (κ1) is 22.2. The summed E-state index contributed by atoms with van der Waals surface area (Å²) in [5.41, 5.74) is 2.46. The number of aromatic nitrogens is 2. The second kappa shape index (κ2) is 10.5. The predicted molar refractivity (Wildman–Crippen MR) is 124 cm³/mol. The fraction of sp³-hybridized carbons (Fsp3) is 0.423. The van der Waals surface area contributed by atoms with E-state index < -0.39 is 0 Å². The summed E-state index contributed by atoms with van der Waals surface area (Å²) in [4.78, 5) is 30.4. The molecule has 0 unspecified atom stereocenters. The highest BCUT2D eigenvalue weighted by atomic mass is 19.1. The van der Waals surface area contributed by atoms with Gasteiger partial charge in [0.05, 0.1) is 17.6 Å². The van der Waals surface area contributed by atoms with E-state index >= 15 is 0 Å². The summed E-state index contributed by atoms with van der Waals surface area (Å²) in [6.45, 7) is 0.323. The van der Waals surface area contributed by atoms with Crippen molar-refractivity contribution in [2.45, 2.75) is 70.4 Å². The van der Waals surface area contributed by atoms with E-state index in [0.717, 1.165) is 36.8 Å². The third-order valence-electron chi connectivity index (χ3n) is 6.23. The maximum atomic E-state index is 13.3. The first-order valence-electron chi connectivity index (χ1n) is 11.6. The Bertz CT molecular complexity index is 1120. The lowest BCUT2D eigenvalue weighted by molar-refractivity contribution is -0.121. The number of nitrogens with one attached hydrogen (secondary N) is 1. The lowest BCUT2D eigenvalue weighted by atomic mass is 9.96. The quantitative estimate of drug-likeness (QED) is 0.608. The molecule has 5 nitrogen and oxygen atoms in total. The molecule has 4 rings (SSSR count). The number of hydrogen-bond donors (Lipinski definition) is 1. The van der Waals surface area contributed by atoms with Crippen molar-refractivity contribution in [2.75, 3.05) is 0 Å². The molecule has 1 fully saturated rings. The molecule has 1 saturated carbocycles. The van der Waals surface area contributed by atoms with Gasteiger partial charge in [0.2, 0.25) is 5.91 Å². The van der Waals surface area contributed by atoms with Crippen LogP contribution in [0.15, 0.2) is 53.3 Å². The molecule has 0 atom stereocenters. The van der Waals surface area contributed by atoms with E-state index in [2.05, 4.69) is 10.3 Å². The molecule has 3 aromatic rings. The van der Waals surface area contributed by atoms with Crippen LogP contribution in [0, 0.1) is 5.82 Å². The van der Waals surface area contributed by atoms with Gasteiger partial charge in [-0.1, -0.05) is 56.4 Å². The van der Waals surface area contributed by atoms with E-state index in [1.165, 1.54) is 31.4 Å². The Hall–Kier alpha value is -3.02. The Labute approximate surface area is 187 Å². The molecule has 1 aromatic heterocycles. The number of amides is 1. The average molecular weight is 436 g/mol. The first-order chi connectivity index (χ1) is 15.6. The molecule has 1 aliphatic carbocycles. The highest BCUT2D eigenvalue weighted by Crippen LogP contribution is 2.17. The van der Waals surface area contributed by atoms with E-state index in [1.807, 2.05) is 24.3 Å². The van der Waals surface area contributed by atoms with Crippen LogP contribution in [0.2, 0.25) is 0 Å². The Balaban J connectivity index is 1.51. The molecule has 0 radical (unpaired) electrons. The fourth-order valence-corrected chi connectivity index (χ4v) is 4.47. The van der Waals surface area contributed by atoms with Gasteiger partial charge in [0, 0.05) is 18.9 Å². The summed E-state index contributed by atoms with van der Waals surface area (Å²) < 4.78 is 15.0. The minimum absolute atomic E-state index is 0.0185. The van der Waals surface area contributed by atoms with Gasteiger partial charge in [-0.25, -0.2) is 9.37 Å². The maximum Gasteiger partial charge on any atom is 0.273 e. The molecule has 1 N–H and O–H groups in total. The van der Waals surface area contributed by atoms with Crippen molar-refractivity contribution in [3.05, 3.63) is 76.0 Å². The van der Waals surface area contributed by atoms with Gasteiger partial charge < -0.3 is 9.88 Å². The van der Waals surface area contributed by atoms with Crippen molar-refractivity contribution in [1.82, 2.24) is 14.9 Å². The Morgan fingerprint density at radius 1 is 1.00 bits per heavy atom. The summed E-state index contributed by atoms with van der Waals surface area (Å²) in [7, 11) is 0. The first-order valence-corrected chi connectivity index (χ1v) is 11.6. The summed E-state index contributed by atoms with van der Waals surface area (Å²) in [5.74, 6) is -0.327. The van der Waals surface area contributed by atoms with Crippen LogP contribution < -0.4 is 10.9 Å². The zero-order valence-corrected chi connectivity index (χ0v) is 18.4. The zero-order valence-electron chi connectivity index (χ0n) is 18.4. The van der Waals surface area contributed by atoms with E-state index in [9.17, 15) is 14.0 Å². The van der Waals surface area contributed by atoms with Gasteiger partial charge in [0.1, 0.15) is 11.5 Å². The van der Waals surface area contributed by atoms with Crippen LogP contribution >= 0.6 is 0 Å². The number of para-hydroxylation sites is 2. The topological polar surface area (TPSA) is 64.0 Å². The largest absolute Gasteiger partial charge is 0.353 e. The van der Waals surface area contributed by atoms with Crippen molar-refractivity contribution >= 4 is 16.9 Å². The van der Waals surface area contributed by atoms with Gasteiger partial charge in [-0.15, -0.1) is 0 Å². The normalized spacial score (nSPS) is 15.3. The number of carbonyl (C=O) groups is 1. The zero-order chi connectivity index (χ0) is 22.3. The van der Waals surface area contributed by atoms with E-state index in [0.29, 0.717) is 24.2 Å². The smallest absolute Gasteiger partial charge is 0.273 e. The number of benzene rings is 2. The number of halogens is 1. The van der Waals surface area contributed by atoms with Gasteiger partial charge in [0.15, 0.2) is 0 Å². The summed E-state index contributed by atoms with van der Waals surface area (Å²) >= 11 is 0. The minimum Gasteiger partial charge on any atom is -0.353 e. The molecule has 1 heterocycles. The van der Waals surface area contributed by atoms with Gasteiger partial charge in [-0.3, -0.25) is 9.59 Å². The lowest BCUT2D eigenvalue weighted by Gasteiger charge is -2.21. The van der Waals surface area contributed by atoms with E-state index in [-0.39, 0.29) is 29.7 Å². The number of fused-ring (bicyclic) bond motifs is 1. The molecule has 0 spiro atoms. The summed E-state index contributed by atoms with van der Waals surface area (Å²) in [5, 5.41) is 3.16. The van der Waals surface area contributed by atoms with Crippen molar-refractivity contribution in [3.8, 4) is 0 Å². The SMILES string of the molecule is O=C(CCc1nc2ccccc2n(Cc2ccc(F)cc2)c1=O)NC1CCCCCCC1. The molecule has 6 heteroatoms. The van der Waals surface area contributed by atoms with E-state index in [1.54, 1.807) is 16.7 Å². The van der Waals surface area contributed by atoms with Crippen molar-refractivity contribution in [1.29, 1.82) is 0 Å². The van der Waals surface area contributed by atoms with Crippen LogP contribution in [0.4, 0.5) is 4.39 Å². The average Bonchev–Trinajstić information content (AvgIpc) is 2.77. The molecular weight excluding hydrogens is 405 g/mol. The number of aryl methyl sites for hydroxylation is 1. The third-order valence-corrected chi connectivity index (χ3v) is 6.23. The number of hydrogen-bond acceptors (Lipinski definition) is 3. The van der Waals surface area contributed by atoms with E-state index in [4.69, 9.17) is 0 Å². The van der Waals surface area contributed by atoms with Crippen LogP contribution in [0.5, 0.6) is 0 Å².